The van der Waals surface area contributed by atoms with Gasteiger partial charge in [-0.05, 0) is 87.3 Å². The maximum atomic E-state index is 2.44. The molecule has 0 amide bonds. The molecule has 0 saturated carbocycles. The van der Waals surface area contributed by atoms with E-state index in [0.29, 0.717) is 0 Å². The van der Waals surface area contributed by atoms with Gasteiger partial charge in [-0.3, -0.25) is 0 Å². The zero-order valence-electron chi connectivity index (χ0n) is 29.7. The number of benzene rings is 9. The van der Waals surface area contributed by atoms with Crippen LogP contribution in [0.5, 0.6) is 0 Å². The lowest BCUT2D eigenvalue weighted by Gasteiger charge is -2.28. The Morgan fingerprint density at radius 3 is 1.61 bits per heavy atom. The molecule has 0 aliphatic carbocycles. The van der Waals surface area contributed by atoms with Crippen LogP contribution in [0, 0.1) is 0 Å². The summed E-state index contributed by atoms with van der Waals surface area (Å²) < 4.78 is 2.43. The minimum atomic E-state index is 1.09. The topological polar surface area (TPSA) is 8.17 Å². The molecule has 1 aromatic heterocycles. The van der Waals surface area contributed by atoms with Gasteiger partial charge in [0.05, 0.1) is 16.7 Å². The average Bonchev–Trinajstić information content (AvgIpc) is 3.59. The summed E-state index contributed by atoms with van der Waals surface area (Å²) in [4.78, 5) is 2.44. The van der Waals surface area contributed by atoms with Crippen LogP contribution >= 0.6 is 0 Å². The van der Waals surface area contributed by atoms with Crippen LogP contribution in [0.4, 0.5) is 17.1 Å². The largest absolute Gasteiger partial charge is 0.310 e. The molecule has 9 aromatic carbocycles. The highest BCUT2D eigenvalue weighted by molar-refractivity contribution is 6.17. The molecule has 10 rings (SSSR count). The summed E-state index contributed by atoms with van der Waals surface area (Å²) >= 11 is 0. The van der Waals surface area contributed by atoms with E-state index in [1.807, 2.05) is 0 Å². The molecule has 0 bridgehead atoms. The second kappa shape index (κ2) is 13.4. The van der Waals surface area contributed by atoms with Crippen molar-refractivity contribution in [1.82, 2.24) is 4.57 Å². The molecule has 0 unspecified atom stereocenters. The summed E-state index contributed by atoms with van der Waals surface area (Å²) in [6.07, 6.45) is 0. The Hall–Kier alpha value is -7.16. The van der Waals surface area contributed by atoms with Gasteiger partial charge in [0.1, 0.15) is 0 Å². The van der Waals surface area contributed by atoms with Gasteiger partial charge in [-0.2, -0.15) is 0 Å². The van der Waals surface area contributed by atoms with Crippen molar-refractivity contribution >= 4 is 49.6 Å². The first kappa shape index (κ1) is 31.6. The SMILES string of the molecule is c1ccc(-c2cccc(N(c3ccc4c5c(-c6ccccc6)cccc5n(-c5ccccc5)c4c3)c3ccc(-c4ccccc4)c4ccccc34)c2)cc1. The first-order chi connectivity index (χ1) is 26.8. The molecule has 2 heteroatoms. The van der Waals surface area contributed by atoms with Crippen molar-refractivity contribution in [2.24, 2.45) is 0 Å². The van der Waals surface area contributed by atoms with Gasteiger partial charge >= 0.3 is 0 Å². The highest BCUT2D eigenvalue weighted by atomic mass is 15.1. The molecular formula is C52H36N2. The molecule has 0 aliphatic rings. The van der Waals surface area contributed by atoms with E-state index in [2.05, 4.69) is 228 Å². The van der Waals surface area contributed by atoms with Gasteiger partial charge in [-0.1, -0.05) is 170 Å². The number of fused-ring (bicyclic) bond motifs is 4. The van der Waals surface area contributed by atoms with Crippen LogP contribution in [-0.2, 0) is 0 Å². The van der Waals surface area contributed by atoms with Crippen molar-refractivity contribution in [3.05, 3.63) is 218 Å². The zero-order valence-corrected chi connectivity index (χ0v) is 29.7. The lowest BCUT2D eigenvalue weighted by Crippen LogP contribution is -2.11. The van der Waals surface area contributed by atoms with Crippen LogP contribution in [0.3, 0.4) is 0 Å². The number of para-hydroxylation sites is 1. The maximum absolute atomic E-state index is 2.44. The van der Waals surface area contributed by atoms with Gasteiger partial charge in [-0.25, -0.2) is 0 Å². The molecule has 254 valence electrons. The quantitative estimate of drug-likeness (QED) is 0.162. The molecule has 0 fully saturated rings. The van der Waals surface area contributed by atoms with E-state index < -0.39 is 0 Å². The fourth-order valence-corrected chi connectivity index (χ4v) is 8.14. The van der Waals surface area contributed by atoms with Crippen molar-refractivity contribution < 1.29 is 0 Å². The number of aromatic nitrogens is 1. The van der Waals surface area contributed by atoms with Gasteiger partial charge < -0.3 is 9.47 Å². The van der Waals surface area contributed by atoms with E-state index in [4.69, 9.17) is 0 Å². The van der Waals surface area contributed by atoms with Crippen LogP contribution in [0.15, 0.2) is 218 Å². The Balaban J connectivity index is 1.26. The van der Waals surface area contributed by atoms with E-state index in [1.54, 1.807) is 0 Å². The molecule has 0 spiro atoms. The Morgan fingerprint density at radius 2 is 0.889 bits per heavy atom. The predicted octanol–water partition coefficient (Wildman–Crippen LogP) is 14.4. The normalized spacial score (nSPS) is 11.3. The molecule has 0 saturated heterocycles. The molecule has 1 heterocycles. The lowest BCUT2D eigenvalue weighted by atomic mass is 9.96. The van der Waals surface area contributed by atoms with Crippen molar-refractivity contribution in [1.29, 1.82) is 0 Å². The summed E-state index contributed by atoms with van der Waals surface area (Å²) in [7, 11) is 0. The van der Waals surface area contributed by atoms with Crippen LogP contribution in [0.1, 0.15) is 0 Å². The average molecular weight is 689 g/mol. The second-order valence-corrected chi connectivity index (χ2v) is 13.7. The summed E-state index contributed by atoms with van der Waals surface area (Å²) in [5.41, 5.74) is 14.0. The highest BCUT2D eigenvalue weighted by Crippen LogP contribution is 2.45. The van der Waals surface area contributed by atoms with E-state index in [1.165, 1.54) is 60.4 Å². The van der Waals surface area contributed by atoms with Gasteiger partial charge in [0, 0.05) is 33.2 Å². The monoisotopic (exact) mass is 688 g/mol. The Bertz CT molecular complexity index is 2910. The highest BCUT2D eigenvalue weighted by Gasteiger charge is 2.22. The van der Waals surface area contributed by atoms with E-state index in [0.717, 1.165) is 28.3 Å². The van der Waals surface area contributed by atoms with Crippen LogP contribution in [0.2, 0.25) is 0 Å². The van der Waals surface area contributed by atoms with Crippen molar-refractivity contribution in [3.63, 3.8) is 0 Å². The fraction of sp³-hybridized carbons (Fsp3) is 0. The molecule has 54 heavy (non-hydrogen) atoms. The second-order valence-electron chi connectivity index (χ2n) is 13.7. The summed E-state index contributed by atoms with van der Waals surface area (Å²) in [5, 5.41) is 4.89. The minimum absolute atomic E-state index is 1.09. The van der Waals surface area contributed by atoms with Crippen molar-refractivity contribution in [2.45, 2.75) is 0 Å². The van der Waals surface area contributed by atoms with Crippen molar-refractivity contribution in [2.75, 3.05) is 4.90 Å². The van der Waals surface area contributed by atoms with Crippen LogP contribution < -0.4 is 4.90 Å². The van der Waals surface area contributed by atoms with Crippen LogP contribution in [0.25, 0.3) is 71.6 Å². The lowest BCUT2D eigenvalue weighted by molar-refractivity contribution is 1.18. The number of nitrogens with zero attached hydrogens (tertiary/aromatic N) is 2. The first-order valence-corrected chi connectivity index (χ1v) is 18.5. The molecule has 0 radical (unpaired) electrons. The third-order valence-electron chi connectivity index (χ3n) is 10.6. The van der Waals surface area contributed by atoms with Gasteiger partial charge in [0.2, 0.25) is 0 Å². The molecule has 0 N–H and O–H groups in total. The third-order valence-corrected chi connectivity index (χ3v) is 10.6. The zero-order chi connectivity index (χ0) is 35.8. The maximum Gasteiger partial charge on any atom is 0.0562 e. The number of hydrogen-bond donors (Lipinski definition) is 0. The summed E-state index contributed by atoms with van der Waals surface area (Å²) in [6, 6.07) is 78.9. The minimum Gasteiger partial charge on any atom is -0.310 e. The molecular weight excluding hydrogens is 653 g/mol. The Kier molecular flexibility index (Phi) is 7.85. The predicted molar refractivity (Wildman–Crippen MR) is 229 cm³/mol. The Morgan fingerprint density at radius 1 is 0.315 bits per heavy atom. The number of hydrogen-bond acceptors (Lipinski definition) is 1. The van der Waals surface area contributed by atoms with Gasteiger partial charge in [-0.15, -0.1) is 0 Å². The molecule has 10 aromatic rings. The fourth-order valence-electron chi connectivity index (χ4n) is 8.14. The standard InChI is InChI=1S/C52H36N2/c1-5-17-37(18-6-1)40-23-15-26-42(35-40)53(49-34-33-44(38-19-7-2-8-20-38)46-27-13-14-28-47(46)49)43-31-32-48-51(36-43)54(41-24-11-4-12-25-41)50-30-16-29-45(52(48)50)39-21-9-3-10-22-39/h1-36H. The Labute approximate surface area is 315 Å². The summed E-state index contributed by atoms with van der Waals surface area (Å²) in [6.45, 7) is 0. The third kappa shape index (κ3) is 5.44. The first-order valence-electron chi connectivity index (χ1n) is 18.5. The van der Waals surface area contributed by atoms with Gasteiger partial charge in [0.15, 0.2) is 0 Å². The molecule has 0 atom stereocenters. The number of anilines is 3. The van der Waals surface area contributed by atoms with Crippen LogP contribution in [-0.4, -0.2) is 4.57 Å². The number of rotatable bonds is 7. The molecule has 0 aliphatic heterocycles. The van der Waals surface area contributed by atoms with E-state index in [-0.39, 0.29) is 0 Å². The van der Waals surface area contributed by atoms with E-state index >= 15 is 0 Å². The molecule has 2 nitrogen and oxygen atoms in total. The van der Waals surface area contributed by atoms with E-state index in [9.17, 15) is 0 Å². The van der Waals surface area contributed by atoms with Crippen molar-refractivity contribution in [3.8, 4) is 39.1 Å². The van der Waals surface area contributed by atoms with Gasteiger partial charge in [0.25, 0.3) is 0 Å². The summed E-state index contributed by atoms with van der Waals surface area (Å²) in [5.74, 6) is 0. The smallest absolute Gasteiger partial charge is 0.0562 e.